The van der Waals surface area contributed by atoms with Gasteiger partial charge in [-0.25, -0.2) is 0 Å². The predicted molar refractivity (Wildman–Crippen MR) is 109 cm³/mol. The normalized spacial score (nSPS) is 9.71. The summed E-state index contributed by atoms with van der Waals surface area (Å²) in [5.74, 6) is 0. The van der Waals surface area contributed by atoms with Gasteiger partial charge < -0.3 is 13.6 Å². The summed E-state index contributed by atoms with van der Waals surface area (Å²) >= 11 is 19.6. The van der Waals surface area contributed by atoms with Crippen molar-refractivity contribution in [1.29, 1.82) is 0 Å². The third-order valence-electron chi connectivity index (χ3n) is 1.00. The molecular formula is C6H21O3P3S6Y3. The zero-order valence-corrected chi connectivity index (χ0v) is 29.3. The van der Waals surface area contributed by atoms with Crippen molar-refractivity contribution in [2.45, 2.75) is 0 Å². The zero-order valence-electron chi connectivity index (χ0n) is 12.9. The van der Waals surface area contributed by atoms with Crippen LogP contribution in [-0.2, 0) is 147 Å². The molecule has 0 aromatic carbocycles. The van der Waals surface area contributed by atoms with Crippen molar-refractivity contribution < 1.29 is 112 Å². The molecule has 0 aliphatic carbocycles. The average Bonchev–Trinajstić information content (AvgIpc) is 2.45. The number of rotatable bonds is 6. The Morgan fingerprint density at radius 1 is 0.667 bits per heavy atom. The Bertz CT molecular complexity index is 199. The van der Waals surface area contributed by atoms with Gasteiger partial charge in [-0.05, 0) is 30.6 Å². The van der Waals surface area contributed by atoms with Crippen molar-refractivity contribution in [2.24, 2.45) is 0 Å². The molecule has 0 fully saturated rings. The van der Waals surface area contributed by atoms with E-state index in [9.17, 15) is 0 Å². The van der Waals surface area contributed by atoms with E-state index in [1.165, 1.54) is 0 Å². The van der Waals surface area contributed by atoms with Crippen molar-refractivity contribution >= 4 is 87.9 Å². The molecule has 3 radical (unpaired) electrons. The first-order valence-corrected chi connectivity index (χ1v) is 17.8. The van der Waals surface area contributed by atoms with E-state index in [4.69, 9.17) is 28.1 Å². The van der Waals surface area contributed by atoms with E-state index >= 15 is 0 Å². The molecule has 0 aromatic rings. The fraction of sp³-hybridized carbons (Fsp3) is 1.00. The molecule has 0 heterocycles. The summed E-state index contributed by atoms with van der Waals surface area (Å²) in [4.78, 5) is 0. The van der Waals surface area contributed by atoms with Gasteiger partial charge in [0, 0.05) is 125 Å². The minimum Gasteiger partial charge on any atom is -0.347 e. The third kappa shape index (κ3) is 46.3. The summed E-state index contributed by atoms with van der Waals surface area (Å²) in [5, 5.41) is -0.452. The van der Waals surface area contributed by atoms with Crippen LogP contribution in [0.2, 0.25) is 0 Å². The maximum atomic E-state index is 4.97. The van der Waals surface area contributed by atoms with Gasteiger partial charge in [0.1, 0.15) is 6.13 Å². The minimum atomic E-state index is -1.28. The molecule has 0 aromatic heterocycles. The molecule has 0 bridgehead atoms. The fourth-order valence-corrected chi connectivity index (χ4v) is 3.25. The summed E-state index contributed by atoms with van der Waals surface area (Å²) in [7, 11) is 3.46. The molecule has 15 heteroatoms. The van der Waals surface area contributed by atoms with E-state index in [2.05, 4.69) is 33.4 Å². The van der Waals surface area contributed by atoms with Crippen molar-refractivity contribution in [2.75, 3.05) is 40.1 Å². The van der Waals surface area contributed by atoms with E-state index in [0.717, 1.165) is 0 Å². The van der Waals surface area contributed by atoms with Crippen LogP contribution < -0.4 is 0 Å². The van der Waals surface area contributed by atoms with E-state index in [1.807, 2.05) is 6.26 Å². The van der Waals surface area contributed by atoms with E-state index < -0.39 is 18.4 Å². The molecule has 0 aliphatic heterocycles. The molecular weight excluding hydrogens is 672 g/mol. The quantitative estimate of drug-likeness (QED) is 0.374. The molecule has 0 rings (SSSR count). The van der Waals surface area contributed by atoms with Gasteiger partial charge in [-0.15, -0.1) is 34.1 Å². The molecule has 21 heavy (non-hydrogen) atoms. The Balaban J connectivity index is -0.0000000375. The summed E-state index contributed by atoms with van der Waals surface area (Å²) < 4.78 is 14.0. The van der Waals surface area contributed by atoms with Crippen molar-refractivity contribution in [3.05, 3.63) is 0 Å². The molecule has 0 saturated carbocycles. The van der Waals surface area contributed by atoms with Crippen molar-refractivity contribution in [3.8, 4) is 0 Å². The van der Waals surface area contributed by atoms with Crippen LogP contribution in [0.15, 0.2) is 0 Å². The second kappa shape index (κ2) is 37.0. The van der Waals surface area contributed by atoms with Crippen molar-refractivity contribution in [1.82, 2.24) is 0 Å². The van der Waals surface area contributed by atoms with Crippen molar-refractivity contribution in [3.63, 3.8) is 0 Å². The minimum absolute atomic E-state index is 0. The van der Waals surface area contributed by atoms with Crippen LogP contribution in [0.4, 0.5) is 0 Å². The standard InChI is InChI=1S/C2H7O2PS.C2H7OPS2.C2H7PS3.3Y/c1-3-5(6)4-2;1-3-4(5)6-2;1-5-3(4)6-2;;;/h5H,1-2H3;4H,1-2H3;3H,1-2H3;;;. The van der Waals surface area contributed by atoms with Crippen LogP contribution in [-0.4, -0.2) is 40.1 Å². The second-order valence-corrected chi connectivity index (χ2v) is 19.6. The average molecular weight is 693 g/mol. The molecule has 0 aliphatic rings. The van der Waals surface area contributed by atoms with Gasteiger partial charge in [0.05, 0.1) is 0 Å². The fourth-order valence-electron chi connectivity index (χ4n) is 0.250. The molecule has 0 amide bonds. The van der Waals surface area contributed by atoms with Gasteiger partial charge in [0.25, 0.3) is 0 Å². The Hall–Kier alpha value is 6.19. The van der Waals surface area contributed by atoms with Crippen LogP contribution in [0, 0.1) is 0 Å². The van der Waals surface area contributed by atoms with Crippen LogP contribution >= 0.6 is 52.5 Å². The Morgan fingerprint density at radius 3 is 1.00 bits per heavy atom. The van der Waals surface area contributed by atoms with Gasteiger partial charge in [-0.3, -0.25) is 0 Å². The summed E-state index contributed by atoms with van der Waals surface area (Å²) in [6.07, 6.45) is 5.23. The molecule has 0 N–H and O–H groups in total. The van der Waals surface area contributed by atoms with Gasteiger partial charge in [-0.1, -0.05) is 23.6 Å². The summed E-state index contributed by atoms with van der Waals surface area (Å²) in [5.41, 5.74) is 0. The summed E-state index contributed by atoms with van der Waals surface area (Å²) in [6.45, 7) is 0. The van der Waals surface area contributed by atoms with E-state index in [0.29, 0.717) is 0 Å². The van der Waals surface area contributed by atoms with Gasteiger partial charge >= 0.3 is 0 Å². The SMILES string of the molecule is CO[PH](=S)OC.CO[PH](=S)SC.CS[PH](=S)SC.[Y].[Y].[Y]. The first-order valence-electron chi connectivity index (χ1n) is 4.29. The second-order valence-electron chi connectivity index (χ2n) is 1.97. The van der Waals surface area contributed by atoms with Crippen LogP contribution in [0.1, 0.15) is 0 Å². The first kappa shape index (κ1) is 41.5. The monoisotopic (exact) mass is 693 g/mol. The largest absolute Gasteiger partial charge is 0.347 e. The van der Waals surface area contributed by atoms with Gasteiger partial charge in [-0.2, -0.15) is 0 Å². The topological polar surface area (TPSA) is 27.7 Å². The van der Waals surface area contributed by atoms with E-state index in [-0.39, 0.29) is 98.1 Å². The van der Waals surface area contributed by atoms with Crippen LogP contribution in [0.25, 0.3) is 0 Å². The third-order valence-corrected chi connectivity index (χ3v) is 15.5. The number of hydrogen-bond acceptors (Lipinski definition) is 9. The molecule has 0 saturated heterocycles. The zero-order chi connectivity index (χ0) is 15.0. The van der Waals surface area contributed by atoms with Crippen LogP contribution in [0.3, 0.4) is 0 Å². The Kier molecular flexibility index (Phi) is 73.2. The van der Waals surface area contributed by atoms with Gasteiger partial charge in [0.15, 0.2) is 7.15 Å². The summed E-state index contributed by atoms with van der Waals surface area (Å²) in [6, 6.07) is 0. The smallest absolute Gasteiger partial charge is 0.175 e. The number of hydrogen-bond donors (Lipinski definition) is 0. The van der Waals surface area contributed by atoms with Crippen LogP contribution in [0.5, 0.6) is 0 Å². The Morgan fingerprint density at radius 2 is 1.00 bits per heavy atom. The first-order chi connectivity index (χ1) is 8.42. The predicted octanol–water partition coefficient (Wildman–Crippen LogP) is 4.50. The molecule has 123 valence electrons. The maximum Gasteiger partial charge on any atom is 0.175 e. The van der Waals surface area contributed by atoms with E-state index in [1.54, 1.807) is 55.5 Å². The molecule has 1 unspecified atom stereocenters. The van der Waals surface area contributed by atoms with Gasteiger partial charge in [0.2, 0.25) is 0 Å². The Labute approximate surface area is 235 Å². The maximum absolute atomic E-state index is 4.97. The molecule has 1 atom stereocenters. The molecule has 0 spiro atoms. The molecule has 3 nitrogen and oxygen atoms in total.